The Morgan fingerprint density at radius 2 is 1.92 bits per heavy atom. The van der Waals surface area contributed by atoms with Crippen LogP contribution in [-0.4, -0.2) is 45.2 Å². The zero-order valence-electron chi connectivity index (χ0n) is 22.2. The van der Waals surface area contributed by atoms with Crippen LogP contribution in [0.1, 0.15) is 63.6 Å². The van der Waals surface area contributed by atoms with E-state index in [2.05, 4.69) is 35.2 Å². The van der Waals surface area contributed by atoms with E-state index in [0.29, 0.717) is 17.5 Å². The maximum atomic E-state index is 14.0. The molecule has 0 saturated heterocycles. The van der Waals surface area contributed by atoms with Gasteiger partial charge in [-0.15, -0.1) is 27.3 Å². The number of ketones is 1. The number of thiophene rings is 1. The Labute approximate surface area is 238 Å². The van der Waals surface area contributed by atoms with Gasteiger partial charge in [0.05, 0.1) is 11.2 Å². The van der Waals surface area contributed by atoms with E-state index in [1.54, 1.807) is 12.1 Å². The van der Waals surface area contributed by atoms with Crippen molar-refractivity contribution in [2.45, 2.75) is 63.8 Å². The van der Waals surface area contributed by atoms with Gasteiger partial charge in [-0.2, -0.15) is 8.42 Å². The molecule has 0 unspecified atom stereocenters. The zero-order chi connectivity index (χ0) is 28.8. The number of fused-ring (bicyclic) bond motifs is 2. The van der Waals surface area contributed by atoms with Gasteiger partial charge in [0.15, 0.2) is 11.6 Å². The molecule has 1 atom stereocenters. The van der Waals surface area contributed by atoms with Gasteiger partial charge in [-0.3, -0.25) is 4.79 Å². The first kappa shape index (κ1) is 29.7. The average molecular weight is 614 g/mol. The molecular formula is C26H32ClN3O6S3. The van der Waals surface area contributed by atoms with E-state index >= 15 is 0 Å². The lowest BCUT2D eigenvalue weighted by Crippen LogP contribution is -2.42. The monoisotopic (exact) mass is 613 g/mol. The largest absolute Gasteiger partial charge is 0.506 e. The number of nitrogens with one attached hydrogen (secondary N) is 2. The molecule has 0 fully saturated rings. The number of rotatable bonds is 9. The van der Waals surface area contributed by atoms with Crippen LogP contribution in [0.2, 0.25) is 0 Å². The van der Waals surface area contributed by atoms with Crippen LogP contribution < -0.4 is 10.0 Å². The van der Waals surface area contributed by atoms with Gasteiger partial charge in [0.1, 0.15) is 21.2 Å². The lowest BCUT2D eigenvalue weighted by Gasteiger charge is -2.37. The molecule has 2 aromatic rings. The first-order valence-corrected chi connectivity index (χ1v) is 16.9. The third-order valence-corrected chi connectivity index (χ3v) is 11.1. The number of sulfonamides is 2. The molecule has 212 valence electrons. The van der Waals surface area contributed by atoms with Gasteiger partial charge in [0.2, 0.25) is 10.0 Å². The molecule has 1 aliphatic carbocycles. The first-order valence-electron chi connectivity index (χ1n) is 12.4. The number of aliphatic hydroxyl groups is 1. The SMILES string of the molecule is CC(C)(C)CC[C@]1(C)C(=O)C(C2=NS(=O)(=O)c3c(CNS(=O)(=O)CCCCl)csc3N2)=C(O)c2ccccc21. The third kappa shape index (κ3) is 5.95. The molecule has 0 bridgehead atoms. The van der Waals surface area contributed by atoms with Crippen LogP contribution in [0.15, 0.2) is 44.5 Å². The summed E-state index contributed by atoms with van der Waals surface area (Å²) in [4.78, 5) is 13.9. The van der Waals surface area contributed by atoms with E-state index in [1.807, 2.05) is 19.1 Å². The van der Waals surface area contributed by atoms with Gasteiger partial charge in [0, 0.05) is 23.6 Å². The van der Waals surface area contributed by atoms with Crippen LogP contribution in [0.3, 0.4) is 0 Å². The number of hydrogen-bond acceptors (Lipinski definition) is 8. The quantitative estimate of drug-likeness (QED) is 0.340. The summed E-state index contributed by atoms with van der Waals surface area (Å²) in [5.74, 6) is -1.00. The molecule has 0 amide bonds. The number of amidine groups is 1. The van der Waals surface area contributed by atoms with Crippen LogP contribution in [0.5, 0.6) is 0 Å². The minimum Gasteiger partial charge on any atom is -0.506 e. The minimum atomic E-state index is -4.33. The van der Waals surface area contributed by atoms with E-state index in [9.17, 15) is 26.7 Å². The second-order valence-electron chi connectivity index (χ2n) is 11.1. The standard InChI is InChI=1S/C26H32ClN3O6S3/c1-25(2,3)10-11-26(4)18-9-6-5-8-17(18)20(31)19(22(26)32)23-29-24-21(39(35,36)30-23)16(15-37-24)14-28-38(33,34)13-7-12-27/h5-6,8-9,15,28,31H,7,10-14H2,1-4H3,(H,29,30)/t26-/m0/s1. The molecule has 9 nitrogen and oxygen atoms in total. The van der Waals surface area contributed by atoms with Gasteiger partial charge < -0.3 is 10.4 Å². The topological polar surface area (TPSA) is 142 Å². The van der Waals surface area contributed by atoms with Crippen molar-refractivity contribution in [2.24, 2.45) is 9.81 Å². The van der Waals surface area contributed by atoms with Gasteiger partial charge >= 0.3 is 0 Å². The predicted octanol–water partition coefficient (Wildman–Crippen LogP) is 4.95. The Morgan fingerprint density at radius 1 is 1.23 bits per heavy atom. The highest BCUT2D eigenvalue weighted by Crippen LogP contribution is 2.46. The van der Waals surface area contributed by atoms with E-state index < -0.39 is 31.2 Å². The fourth-order valence-electron chi connectivity index (χ4n) is 4.69. The highest BCUT2D eigenvalue weighted by atomic mass is 35.5. The molecule has 13 heteroatoms. The van der Waals surface area contributed by atoms with Crippen molar-refractivity contribution in [3.8, 4) is 0 Å². The van der Waals surface area contributed by atoms with Crippen molar-refractivity contribution >= 4 is 65.4 Å². The second-order valence-corrected chi connectivity index (χ2v) is 15.9. The van der Waals surface area contributed by atoms with Crippen molar-refractivity contribution < 1.29 is 26.7 Å². The fraction of sp³-hybridized carbons (Fsp3) is 0.462. The molecule has 39 heavy (non-hydrogen) atoms. The summed E-state index contributed by atoms with van der Waals surface area (Å²) in [5, 5.41) is 15.9. The van der Waals surface area contributed by atoms with E-state index in [-0.39, 0.29) is 62.6 Å². The number of alkyl halides is 1. The number of hydrogen-bond donors (Lipinski definition) is 3. The highest BCUT2D eigenvalue weighted by molar-refractivity contribution is 7.91. The number of anilines is 1. The molecule has 0 radical (unpaired) electrons. The molecule has 1 aromatic heterocycles. The second kappa shape index (κ2) is 10.6. The van der Waals surface area contributed by atoms with E-state index in [1.165, 1.54) is 5.38 Å². The van der Waals surface area contributed by atoms with E-state index in [4.69, 9.17) is 11.6 Å². The van der Waals surface area contributed by atoms with Crippen LogP contribution >= 0.6 is 22.9 Å². The summed E-state index contributed by atoms with van der Waals surface area (Å²) in [6.45, 7) is 7.81. The minimum absolute atomic E-state index is 0.0562. The van der Waals surface area contributed by atoms with Gasteiger partial charge in [-0.25, -0.2) is 13.1 Å². The number of nitrogens with zero attached hydrogens (tertiary/aromatic N) is 1. The molecule has 2 heterocycles. The zero-order valence-corrected chi connectivity index (χ0v) is 25.4. The lowest BCUT2D eigenvalue weighted by molar-refractivity contribution is -0.120. The summed E-state index contributed by atoms with van der Waals surface area (Å²) >= 11 is 6.63. The van der Waals surface area contributed by atoms with Crippen LogP contribution in [0.25, 0.3) is 5.76 Å². The molecule has 1 aliphatic heterocycles. The number of halogens is 1. The van der Waals surface area contributed by atoms with Gasteiger partial charge in [-0.05, 0) is 42.5 Å². The lowest BCUT2D eigenvalue weighted by atomic mass is 9.65. The summed E-state index contributed by atoms with van der Waals surface area (Å²) in [7, 11) is -7.98. The normalized spacial score (nSPS) is 20.7. The predicted molar refractivity (Wildman–Crippen MR) is 156 cm³/mol. The third-order valence-electron chi connectivity index (χ3n) is 6.90. The molecule has 3 N–H and O–H groups in total. The summed E-state index contributed by atoms with van der Waals surface area (Å²) in [5.41, 5.74) is 0.111. The fourth-order valence-corrected chi connectivity index (χ4v) is 8.63. The van der Waals surface area contributed by atoms with Crippen molar-refractivity contribution in [3.63, 3.8) is 0 Å². The Balaban J connectivity index is 1.73. The van der Waals surface area contributed by atoms with E-state index in [0.717, 1.165) is 17.8 Å². The highest BCUT2D eigenvalue weighted by Gasteiger charge is 2.47. The molecular weight excluding hydrogens is 582 g/mol. The summed E-state index contributed by atoms with van der Waals surface area (Å²) in [6.07, 6.45) is 1.47. The van der Waals surface area contributed by atoms with Crippen LogP contribution in [-0.2, 0) is 36.8 Å². The number of carbonyl (C=O) groups excluding carboxylic acids is 1. The maximum absolute atomic E-state index is 14.0. The maximum Gasteiger partial charge on any atom is 0.287 e. The number of Topliss-reactive ketones (excluding diaryl/α,β-unsaturated/α-hetero) is 1. The smallest absolute Gasteiger partial charge is 0.287 e. The average Bonchev–Trinajstić information content (AvgIpc) is 3.28. The number of aliphatic hydroxyl groups excluding tert-OH is 1. The molecule has 4 rings (SSSR count). The van der Waals surface area contributed by atoms with Gasteiger partial charge in [0.25, 0.3) is 10.0 Å². The van der Waals surface area contributed by atoms with Crippen LogP contribution in [0, 0.1) is 5.41 Å². The van der Waals surface area contributed by atoms with Gasteiger partial charge in [-0.1, -0.05) is 45.0 Å². The van der Waals surface area contributed by atoms with Crippen molar-refractivity contribution in [2.75, 3.05) is 16.9 Å². The molecule has 1 aromatic carbocycles. The molecule has 0 spiro atoms. The Kier molecular flexibility index (Phi) is 8.10. The number of carbonyl (C=O) groups is 1. The summed E-state index contributed by atoms with van der Waals surface area (Å²) < 4.78 is 57.4. The molecule has 0 saturated carbocycles. The Hall–Kier alpha value is -2.25. The van der Waals surface area contributed by atoms with Crippen molar-refractivity contribution in [1.29, 1.82) is 0 Å². The first-order chi connectivity index (χ1) is 18.1. The van der Waals surface area contributed by atoms with Crippen molar-refractivity contribution in [1.82, 2.24) is 4.72 Å². The number of benzene rings is 1. The molecule has 2 aliphatic rings. The summed E-state index contributed by atoms with van der Waals surface area (Å²) in [6, 6.07) is 7.07. The Morgan fingerprint density at radius 3 is 2.59 bits per heavy atom. The van der Waals surface area contributed by atoms with Crippen LogP contribution in [0.4, 0.5) is 5.00 Å². The van der Waals surface area contributed by atoms with Crippen molar-refractivity contribution in [3.05, 3.63) is 51.9 Å². The Bertz CT molecular complexity index is 1590.